The third kappa shape index (κ3) is 5.58. The number of aromatic nitrogens is 4. The Balaban J connectivity index is 0.00000220. The van der Waals surface area contributed by atoms with Crippen molar-refractivity contribution in [2.45, 2.75) is 26.9 Å². The summed E-state index contributed by atoms with van der Waals surface area (Å²) in [6, 6.07) is 0. The summed E-state index contributed by atoms with van der Waals surface area (Å²) in [4.78, 5) is 14.2. The molecule has 21 heavy (non-hydrogen) atoms. The molecular formula is C12H20IN7S. The van der Waals surface area contributed by atoms with Gasteiger partial charge in [-0.1, -0.05) is 0 Å². The maximum atomic E-state index is 4.49. The highest BCUT2D eigenvalue weighted by atomic mass is 127. The van der Waals surface area contributed by atoms with Gasteiger partial charge in [0.2, 0.25) is 0 Å². The van der Waals surface area contributed by atoms with E-state index in [4.69, 9.17) is 0 Å². The number of aryl methyl sites for hydroxylation is 2. The Kier molecular flexibility index (Phi) is 7.57. The lowest BCUT2D eigenvalue weighted by atomic mass is 10.6. The number of halogens is 1. The zero-order valence-corrected chi connectivity index (χ0v) is 15.5. The molecule has 9 heteroatoms. The summed E-state index contributed by atoms with van der Waals surface area (Å²) in [5, 5.41) is 11.5. The maximum absolute atomic E-state index is 4.49. The first kappa shape index (κ1) is 17.8. The van der Waals surface area contributed by atoms with Gasteiger partial charge in [-0.3, -0.25) is 4.68 Å². The summed E-state index contributed by atoms with van der Waals surface area (Å²) in [6.07, 6.45) is 3.41. The second-order valence-electron chi connectivity index (χ2n) is 4.21. The van der Waals surface area contributed by atoms with Crippen molar-refractivity contribution in [2.24, 2.45) is 12.0 Å². The third-order valence-corrected chi connectivity index (χ3v) is 3.52. The van der Waals surface area contributed by atoms with Crippen molar-refractivity contribution in [3.63, 3.8) is 0 Å². The lowest BCUT2D eigenvalue weighted by Crippen LogP contribution is -2.36. The minimum Gasteiger partial charge on any atom is -0.357 e. The summed E-state index contributed by atoms with van der Waals surface area (Å²) in [5.41, 5.74) is 0. The van der Waals surface area contributed by atoms with Gasteiger partial charge in [0, 0.05) is 24.7 Å². The molecule has 2 rings (SSSR count). The fourth-order valence-corrected chi connectivity index (χ4v) is 2.32. The summed E-state index contributed by atoms with van der Waals surface area (Å²) < 4.78 is 1.72. The highest BCUT2D eigenvalue weighted by Crippen LogP contribution is 2.10. The molecule has 2 N–H and O–H groups in total. The normalized spacial score (nSPS) is 11.1. The number of rotatable bonds is 5. The van der Waals surface area contributed by atoms with Gasteiger partial charge in [-0.05, 0) is 13.8 Å². The van der Waals surface area contributed by atoms with Gasteiger partial charge in [0.05, 0.1) is 6.54 Å². The first-order chi connectivity index (χ1) is 9.69. The molecule has 2 aromatic rings. The van der Waals surface area contributed by atoms with Crippen molar-refractivity contribution in [1.29, 1.82) is 0 Å². The van der Waals surface area contributed by atoms with Crippen LogP contribution in [0.3, 0.4) is 0 Å². The Morgan fingerprint density at radius 3 is 2.76 bits per heavy atom. The molecule has 0 unspecified atom stereocenters. The van der Waals surface area contributed by atoms with E-state index in [-0.39, 0.29) is 24.0 Å². The van der Waals surface area contributed by atoms with E-state index >= 15 is 0 Å². The molecule has 2 heterocycles. The van der Waals surface area contributed by atoms with Crippen LogP contribution in [0, 0.1) is 6.92 Å². The van der Waals surface area contributed by atoms with E-state index < -0.39 is 0 Å². The fourth-order valence-electron chi connectivity index (χ4n) is 1.60. The van der Waals surface area contributed by atoms with E-state index in [0.717, 1.165) is 23.3 Å². The van der Waals surface area contributed by atoms with Gasteiger partial charge < -0.3 is 10.6 Å². The Hall–Kier alpha value is -1.23. The van der Waals surface area contributed by atoms with Crippen molar-refractivity contribution >= 4 is 41.3 Å². The van der Waals surface area contributed by atoms with Gasteiger partial charge in [-0.25, -0.2) is 15.0 Å². The Labute approximate surface area is 145 Å². The highest BCUT2D eigenvalue weighted by Gasteiger charge is 2.03. The van der Waals surface area contributed by atoms with Gasteiger partial charge in [0.25, 0.3) is 0 Å². The molecule has 0 aliphatic rings. The highest BCUT2D eigenvalue weighted by molar-refractivity contribution is 14.0. The number of hydrogen-bond acceptors (Lipinski definition) is 5. The van der Waals surface area contributed by atoms with Crippen LogP contribution in [0.1, 0.15) is 22.6 Å². The van der Waals surface area contributed by atoms with Crippen molar-refractivity contribution in [1.82, 2.24) is 30.4 Å². The van der Waals surface area contributed by atoms with Crippen LogP contribution in [0.2, 0.25) is 0 Å². The van der Waals surface area contributed by atoms with Crippen LogP contribution in [0.25, 0.3) is 0 Å². The average Bonchev–Trinajstić information content (AvgIpc) is 3.02. The first-order valence-corrected chi connectivity index (χ1v) is 7.27. The molecule has 7 nitrogen and oxygen atoms in total. The average molecular weight is 421 g/mol. The van der Waals surface area contributed by atoms with Crippen LogP contribution in [0.15, 0.2) is 17.5 Å². The second kappa shape index (κ2) is 8.93. The number of nitrogens with one attached hydrogen (secondary N) is 2. The quantitative estimate of drug-likeness (QED) is 0.434. The molecule has 0 spiro atoms. The Morgan fingerprint density at radius 2 is 2.19 bits per heavy atom. The number of thiazole rings is 1. The van der Waals surface area contributed by atoms with Gasteiger partial charge in [0.1, 0.15) is 23.7 Å². The van der Waals surface area contributed by atoms with Crippen molar-refractivity contribution in [3.8, 4) is 0 Å². The van der Waals surface area contributed by atoms with Crippen LogP contribution in [-0.2, 0) is 20.1 Å². The lowest BCUT2D eigenvalue weighted by molar-refractivity contribution is 0.697. The molecule has 0 saturated heterocycles. The van der Waals surface area contributed by atoms with Crippen molar-refractivity contribution in [2.75, 3.05) is 6.54 Å². The molecule has 0 amide bonds. The minimum atomic E-state index is 0. The van der Waals surface area contributed by atoms with E-state index in [1.165, 1.54) is 11.2 Å². The van der Waals surface area contributed by atoms with Crippen LogP contribution in [0.4, 0.5) is 0 Å². The van der Waals surface area contributed by atoms with Crippen LogP contribution in [-0.4, -0.2) is 32.3 Å². The number of nitrogens with zero attached hydrogens (tertiary/aromatic N) is 5. The molecule has 116 valence electrons. The summed E-state index contributed by atoms with van der Waals surface area (Å²) in [7, 11) is 1.86. The summed E-state index contributed by atoms with van der Waals surface area (Å²) in [6.45, 7) is 6.05. The van der Waals surface area contributed by atoms with Crippen LogP contribution < -0.4 is 10.6 Å². The molecule has 0 fully saturated rings. The van der Waals surface area contributed by atoms with Crippen molar-refractivity contribution in [3.05, 3.63) is 28.2 Å². The van der Waals surface area contributed by atoms with E-state index in [1.54, 1.807) is 16.0 Å². The Bertz CT molecular complexity index is 578. The third-order valence-electron chi connectivity index (χ3n) is 2.60. The number of aliphatic imine (C=N–C) groups is 1. The van der Waals surface area contributed by atoms with Gasteiger partial charge >= 0.3 is 0 Å². The SMILES string of the molecule is CCNC(=NCc1ncnn1C)NCc1ncc(C)s1.I. The zero-order chi connectivity index (χ0) is 14.4. The van der Waals surface area contributed by atoms with E-state index in [9.17, 15) is 0 Å². The summed E-state index contributed by atoms with van der Waals surface area (Å²) >= 11 is 1.68. The topological polar surface area (TPSA) is 80.0 Å². The predicted octanol–water partition coefficient (Wildman–Crippen LogP) is 1.45. The van der Waals surface area contributed by atoms with Crippen molar-refractivity contribution < 1.29 is 0 Å². The molecule has 0 bridgehead atoms. The lowest BCUT2D eigenvalue weighted by Gasteiger charge is -2.09. The van der Waals surface area contributed by atoms with E-state index in [0.29, 0.717) is 13.1 Å². The van der Waals surface area contributed by atoms with Crippen LogP contribution >= 0.6 is 35.3 Å². The number of guanidine groups is 1. The molecule has 2 aromatic heterocycles. The standard InChI is InChI=1S/C12H19N7S.HI/c1-4-13-12(15-6-10-17-8-18-19(10)3)16-7-11-14-5-9(2)20-11;/h5,8H,4,6-7H2,1-3H3,(H2,13,15,16);1H. The minimum absolute atomic E-state index is 0. The first-order valence-electron chi connectivity index (χ1n) is 6.45. The Morgan fingerprint density at radius 1 is 1.38 bits per heavy atom. The van der Waals surface area contributed by atoms with Gasteiger partial charge in [-0.2, -0.15) is 5.10 Å². The summed E-state index contributed by atoms with van der Waals surface area (Å²) in [5.74, 6) is 1.58. The van der Waals surface area contributed by atoms with Crippen LogP contribution in [0.5, 0.6) is 0 Å². The molecule has 0 radical (unpaired) electrons. The number of hydrogen-bond donors (Lipinski definition) is 2. The smallest absolute Gasteiger partial charge is 0.192 e. The second-order valence-corrected chi connectivity index (χ2v) is 5.53. The molecule has 0 atom stereocenters. The van der Waals surface area contributed by atoms with Gasteiger partial charge in [-0.15, -0.1) is 35.3 Å². The maximum Gasteiger partial charge on any atom is 0.192 e. The molecule has 0 aliphatic heterocycles. The molecule has 0 aromatic carbocycles. The zero-order valence-electron chi connectivity index (χ0n) is 12.3. The molecular weight excluding hydrogens is 401 g/mol. The molecule has 0 aliphatic carbocycles. The molecule has 0 saturated carbocycles. The predicted molar refractivity (Wildman–Crippen MR) is 94.9 cm³/mol. The fraction of sp³-hybridized carbons (Fsp3) is 0.500. The van der Waals surface area contributed by atoms with E-state index in [1.807, 2.05) is 20.2 Å². The largest absolute Gasteiger partial charge is 0.357 e. The van der Waals surface area contributed by atoms with Gasteiger partial charge in [0.15, 0.2) is 5.96 Å². The van der Waals surface area contributed by atoms with E-state index in [2.05, 4.69) is 37.6 Å². The monoisotopic (exact) mass is 421 g/mol.